The first-order chi connectivity index (χ1) is 9.56. The molecule has 6 heteroatoms. The Morgan fingerprint density at radius 1 is 1.15 bits per heavy atom. The normalized spacial score (nSPS) is 10.6. The lowest BCUT2D eigenvalue weighted by molar-refractivity contribution is 0.102. The molecular formula is C14H12F2N2OS. The summed E-state index contributed by atoms with van der Waals surface area (Å²) in [6, 6.07) is 12.9. The Hall–Kier alpha value is -2.08. The van der Waals surface area contributed by atoms with Gasteiger partial charge in [-0.05, 0) is 30.3 Å². The Bertz CT molecular complexity index is 620. The molecule has 0 radical (unpaired) electrons. The van der Waals surface area contributed by atoms with E-state index in [1.165, 1.54) is 12.1 Å². The summed E-state index contributed by atoms with van der Waals surface area (Å²) in [7, 11) is 0. The van der Waals surface area contributed by atoms with Gasteiger partial charge < -0.3 is 11.1 Å². The molecule has 2 aromatic rings. The number of rotatable bonds is 4. The van der Waals surface area contributed by atoms with Crippen LogP contribution >= 0.6 is 11.8 Å². The van der Waals surface area contributed by atoms with E-state index in [2.05, 4.69) is 5.32 Å². The van der Waals surface area contributed by atoms with E-state index in [4.69, 9.17) is 5.73 Å². The molecule has 104 valence electrons. The molecule has 0 saturated carbocycles. The van der Waals surface area contributed by atoms with Gasteiger partial charge >= 0.3 is 0 Å². The molecule has 0 heterocycles. The van der Waals surface area contributed by atoms with Crippen molar-refractivity contribution in [3.63, 3.8) is 0 Å². The number of hydrogen-bond acceptors (Lipinski definition) is 3. The number of amides is 1. The minimum absolute atomic E-state index is 0.319. The van der Waals surface area contributed by atoms with Crippen LogP contribution in [0.15, 0.2) is 53.4 Å². The van der Waals surface area contributed by atoms with Gasteiger partial charge in [0.25, 0.3) is 11.7 Å². The zero-order valence-corrected chi connectivity index (χ0v) is 11.2. The monoisotopic (exact) mass is 294 g/mol. The second-order valence-electron chi connectivity index (χ2n) is 3.95. The third-order valence-corrected chi connectivity index (χ3v) is 3.29. The lowest BCUT2D eigenvalue weighted by Gasteiger charge is -2.10. The van der Waals surface area contributed by atoms with Gasteiger partial charge in [-0.2, -0.15) is 8.78 Å². The summed E-state index contributed by atoms with van der Waals surface area (Å²) in [5.74, 6) is -2.93. The number of para-hydroxylation sites is 1. The van der Waals surface area contributed by atoms with E-state index in [9.17, 15) is 13.6 Å². The average Bonchev–Trinajstić information content (AvgIpc) is 2.40. The van der Waals surface area contributed by atoms with Crippen molar-refractivity contribution < 1.29 is 13.6 Å². The van der Waals surface area contributed by atoms with Gasteiger partial charge in [0.1, 0.15) is 0 Å². The Kier molecular flexibility index (Phi) is 4.57. The van der Waals surface area contributed by atoms with Crippen molar-refractivity contribution in [2.75, 3.05) is 11.1 Å². The van der Waals surface area contributed by atoms with Gasteiger partial charge in [-0.1, -0.05) is 30.0 Å². The van der Waals surface area contributed by atoms with E-state index >= 15 is 0 Å². The van der Waals surface area contributed by atoms with Gasteiger partial charge in [-0.25, -0.2) is 0 Å². The number of nitrogens with one attached hydrogen (secondary N) is 1. The smallest absolute Gasteiger partial charge is 0.288 e. The molecule has 0 atom stereocenters. The molecule has 0 saturated heterocycles. The maximum Gasteiger partial charge on any atom is 0.288 e. The summed E-state index contributed by atoms with van der Waals surface area (Å²) in [5.41, 5.74) is 6.80. The van der Waals surface area contributed by atoms with Crippen molar-refractivity contribution >= 4 is 29.0 Å². The molecule has 2 rings (SSSR count). The molecule has 0 aliphatic rings. The first kappa shape index (κ1) is 14.3. The van der Waals surface area contributed by atoms with Crippen LogP contribution in [0.5, 0.6) is 0 Å². The maximum atomic E-state index is 12.4. The first-order valence-electron chi connectivity index (χ1n) is 5.77. The van der Waals surface area contributed by atoms with Crippen LogP contribution in [-0.4, -0.2) is 11.7 Å². The molecule has 0 aliphatic carbocycles. The summed E-state index contributed by atoms with van der Waals surface area (Å²) in [6.07, 6.45) is 0. The summed E-state index contributed by atoms with van der Waals surface area (Å²) >= 11 is 0.393. The highest BCUT2D eigenvalue weighted by atomic mass is 32.2. The van der Waals surface area contributed by atoms with Crippen LogP contribution in [0, 0.1) is 0 Å². The summed E-state index contributed by atoms with van der Waals surface area (Å²) in [6.45, 7) is 0. The number of alkyl halides is 2. The van der Waals surface area contributed by atoms with E-state index in [0.717, 1.165) is 0 Å². The average molecular weight is 294 g/mol. The molecule has 0 aromatic heterocycles. The van der Waals surface area contributed by atoms with Gasteiger partial charge in [0.15, 0.2) is 0 Å². The van der Waals surface area contributed by atoms with E-state index in [1.54, 1.807) is 36.4 Å². The molecule has 0 aliphatic heterocycles. The van der Waals surface area contributed by atoms with E-state index in [1.807, 2.05) is 0 Å². The molecule has 0 fully saturated rings. The van der Waals surface area contributed by atoms with Crippen molar-refractivity contribution in [3.8, 4) is 0 Å². The van der Waals surface area contributed by atoms with Gasteiger partial charge in [-0.3, -0.25) is 4.79 Å². The Balaban J connectivity index is 2.19. The lowest BCUT2D eigenvalue weighted by Crippen LogP contribution is -2.12. The molecule has 3 nitrogen and oxygen atoms in total. The van der Waals surface area contributed by atoms with Crippen LogP contribution in [0.3, 0.4) is 0 Å². The highest BCUT2D eigenvalue weighted by Gasteiger charge is 2.12. The van der Waals surface area contributed by atoms with E-state index < -0.39 is 5.76 Å². The third-order valence-electron chi connectivity index (χ3n) is 2.50. The number of anilines is 2. The standard InChI is InChI=1S/C14H12F2N2OS/c15-14(16)20-12-7-2-1-6-11(12)18-13(19)9-4-3-5-10(17)8-9/h1-8,14H,17H2,(H,18,19). The van der Waals surface area contributed by atoms with Gasteiger partial charge in [0.05, 0.1) is 5.69 Å². The van der Waals surface area contributed by atoms with Crippen LogP contribution in [0.25, 0.3) is 0 Å². The second kappa shape index (κ2) is 6.38. The Morgan fingerprint density at radius 2 is 1.90 bits per heavy atom. The van der Waals surface area contributed by atoms with Crippen molar-refractivity contribution in [1.82, 2.24) is 0 Å². The predicted octanol–water partition coefficient (Wildman–Crippen LogP) is 3.84. The zero-order valence-electron chi connectivity index (χ0n) is 10.3. The van der Waals surface area contributed by atoms with Crippen LogP contribution < -0.4 is 11.1 Å². The van der Waals surface area contributed by atoms with Crippen LogP contribution in [0.2, 0.25) is 0 Å². The number of halogens is 2. The summed E-state index contributed by atoms with van der Waals surface area (Å²) in [4.78, 5) is 12.4. The number of thioether (sulfide) groups is 1. The highest BCUT2D eigenvalue weighted by molar-refractivity contribution is 7.99. The van der Waals surface area contributed by atoms with Crippen molar-refractivity contribution in [3.05, 3.63) is 54.1 Å². The molecule has 0 spiro atoms. The predicted molar refractivity (Wildman–Crippen MR) is 77.1 cm³/mol. The zero-order chi connectivity index (χ0) is 14.5. The minimum atomic E-state index is -2.54. The second-order valence-corrected chi connectivity index (χ2v) is 4.99. The van der Waals surface area contributed by atoms with Crippen molar-refractivity contribution in [2.24, 2.45) is 0 Å². The topological polar surface area (TPSA) is 55.1 Å². The fraction of sp³-hybridized carbons (Fsp3) is 0.0714. The minimum Gasteiger partial charge on any atom is -0.399 e. The third kappa shape index (κ3) is 3.71. The van der Waals surface area contributed by atoms with Crippen LogP contribution in [0.4, 0.5) is 20.2 Å². The quantitative estimate of drug-likeness (QED) is 0.665. The van der Waals surface area contributed by atoms with Crippen LogP contribution in [-0.2, 0) is 0 Å². The fourth-order valence-electron chi connectivity index (χ4n) is 1.64. The SMILES string of the molecule is Nc1cccc(C(=O)Nc2ccccc2SC(F)F)c1. The highest BCUT2D eigenvalue weighted by Crippen LogP contribution is 2.31. The number of benzene rings is 2. The molecular weight excluding hydrogens is 282 g/mol. The Labute approximate surface area is 119 Å². The van der Waals surface area contributed by atoms with Crippen LogP contribution in [0.1, 0.15) is 10.4 Å². The summed E-state index contributed by atoms with van der Waals surface area (Å²) < 4.78 is 24.9. The number of hydrogen-bond donors (Lipinski definition) is 2. The number of carbonyl (C=O) groups excluding carboxylic acids is 1. The molecule has 2 aromatic carbocycles. The van der Waals surface area contributed by atoms with Gasteiger partial charge in [0.2, 0.25) is 0 Å². The van der Waals surface area contributed by atoms with Crippen molar-refractivity contribution in [2.45, 2.75) is 10.7 Å². The molecule has 1 amide bonds. The Morgan fingerprint density at radius 3 is 2.60 bits per heavy atom. The van der Waals surface area contributed by atoms with Gasteiger partial charge in [-0.15, -0.1) is 0 Å². The summed E-state index contributed by atoms with van der Waals surface area (Å²) in [5, 5.41) is 2.61. The molecule has 0 bridgehead atoms. The number of nitrogens with two attached hydrogens (primary N) is 1. The largest absolute Gasteiger partial charge is 0.399 e. The number of nitrogen functional groups attached to an aromatic ring is 1. The lowest BCUT2D eigenvalue weighted by atomic mass is 10.2. The number of carbonyl (C=O) groups is 1. The fourth-order valence-corrected chi connectivity index (χ4v) is 2.24. The van der Waals surface area contributed by atoms with Crippen molar-refractivity contribution in [1.29, 1.82) is 0 Å². The van der Waals surface area contributed by atoms with E-state index in [-0.39, 0.29) is 5.91 Å². The maximum absolute atomic E-state index is 12.4. The van der Waals surface area contributed by atoms with Gasteiger partial charge in [0, 0.05) is 16.1 Å². The molecule has 3 N–H and O–H groups in total. The molecule has 0 unspecified atom stereocenters. The van der Waals surface area contributed by atoms with E-state index in [0.29, 0.717) is 33.6 Å². The first-order valence-corrected chi connectivity index (χ1v) is 6.65. The molecule has 20 heavy (non-hydrogen) atoms.